The molecule has 0 fully saturated rings. The zero-order valence-corrected chi connectivity index (χ0v) is 12.8. The van der Waals surface area contributed by atoms with Gasteiger partial charge in [-0.15, -0.1) is 6.58 Å². The fourth-order valence-electron chi connectivity index (χ4n) is 2.28. The lowest BCUT2D eigenvalue weighted by Crippen LogP contribution is -2.31. The monoisotopic (exact) mass is 329 g/mol. The summed E-state index contributed by atoms with van der Waals surface area (Å²) in [5, 5.41) is 11.0. The highest BCUT2D eigenvalue weighted by molar-refractivity contribution is 6.01. The lowest BCUT2D eigenvalue weighted by molar-refractivity contribution is -0.383. The second-order valence-corrected chi connectivity index (χ2v) is 5.06. The normalized spacial score (nSPS) is 10.2. The highest BCUT2D eigenvalue weighted by Crippen LogP contribution is 2.26. The Morgan fingerprint density at radius 2 is 2.00 bits per heavy atom. The lowest BCUT2D eigenvalue weighted by atomic mass is 10.1. The van der Waals surface area contributed by atoms with Crippen LogP contribution in [-0.2, 0) is 6.54 Å². The average Bonchev–Trinajstić information content (AvgIpc) is 2.55. The van der Waals surface area contributed by atoms with Crippen LogP contribution < -0.4 is 5.73 Å². The first-order valence-corrected chi connectivity index (χ1v) is 7.12. The number of carbonyl (C=O) groups excluding carboxylic acids is 1. The SMILES string of the molecule is C=CCN(Cc1ccccc1F)C(=O)c1cccc([N+](=O)[O-])c1N. The predicted molar refractivity (Wildman–Crippen MR) is 88.8 cm³/mol. The summed E-state index contributed by atoms with van der Waals surface area (Å²) in [4.78, 5) is 24.3. The molecule has 0 bridgehead atoms. The highest BCUT2D eigenvalue weighted by atomic mass is 19.1. The molecule has 0 saturated carbocycles. The average molecular weight is 329 g/mol. The number of nitro benzene ring substituents is 1. The third-order valence-electron chi connectivity index (χ3n) is 3.47. The van der Waals surface area contributed by atoms with Crippen LogP contribution in [0, 0.1) is 15.9 Å². The molecular weight excluding hydrogens is 313 g/mol. The number of nitro groups is 1. The number of hydrogen-bond acceptors (Lipinski definition) is 4. The van der Waals surface area contributed by atoms with Gasteiger partial charge in [0.2, 0.25) is 0 Å². The van der Waals surface area contributed by atoms with Gasteiger partial charge in [-0.05, 0) is 12.1 Å². The Labute approximate surface area is 138 Å². The smallest absolute Gasteiger partial charge is 0.292 e. The Morgan fingerprint density at radius 3 is 2.62 bits per heavy atom. The number of para-hydroxylation sites is 1. The van der Waals surface area contributed by atoms with Gasteiger partial charge in [-0.25, -0.2) is 4.39 Å². The molecule has 6 nitrogen and oxygen atoms in total. The third kappa shape index (κ3) is 3.57. The van der Waals surface area contributed by atoms with Crippen LogP contribution in [0.5, 0.6) is 0 Å². The molecule has 0 saturated heterocycles. The maximum absolute atomic E-state index is 13.8. The molecule has 2 rings (SSSR count). The molecule has 2 aromatic carbocycles. The summed E-state index contributed by atoms with van der Waals surface area (Å²) in [5.41, 5.74) is 5.53. The second kappa shape index (κ2) is 7.36. The zero-order chi connectivity index (χ0) is 17.7. The molecule has 1 amide bonds. The largest absolute Gasteiger partial charge is 0.393 e. The van der Waals surface area contributed by atoms with Crippen LogP contribution in [0.1, 0.15) is 15.9 Å². The maximum atomic E-state index is 13.8. The molecule has 0 radical (unpaired) electrons. The standard InChI is InChI=1S/C17H16FN3O3/c1-2-10-20(11-12-6-3-4-8-14(12)18)17(22)13-7-5-9-15(16(13)19)21(23)24/h2-9H,1,10-11,19H2. The first kappa shape index (κ1) is 17.1. The Bertz CT molecular complexity index is 792. The first-order chi connectivity index (χ1) is 11.5. The van der Waals surface area contributed by atoms with E-state index in [1.165, 1.54) is 35.2 Å². The maximum Gasteiger partial charge on any atom is 0.292 e. The van der Waals surface area contributed by atoms with E-state index in [0.717, 1.165) is 0 Å². The minimum atomic E-state index is -0.652. The first-order valence-electron chi connectivity index (χ1n) is 7.12. The molecule has 2 aromatic rings. The van der Waals surface area contributed by atoms with Crippen molar-refractivity contribution in [2.75, 3.05) is 12.3 Å². The molecule has 0 heterocycles. The fraction of sp³-hybridized carbons (Fsp3) is 0.118. The molecule has 0 unspecified atom stereocenters. The molecule has 0 aliphatic rings. The van der Waals surface area contributed by atoms with Gasteiger partial charge >= 0.3 is 0 Å². The van der Waals surface area contributed by atoms with E-state index in [4.69, 9.17) is 5.73 Å². The van der Waals surface area contributed by atoms with Gasteiger partial charge in [0.05, 0.1) is 10.5 Å². The van der Waals surface area contributed by atoms with Gasteiger partial charge in [-0.2, -0.15) is 0 Å². The van der Waals surface area contributed by atoms with E-state index < -0.39 is 16.6 Å². The van der Waals surface area contributed by atoms with Gasteiger partial charge in [-0.3, -0.25) is 14.9 Å². The van der Waals surface area contributed by atoms with Crippen LogP contribution in [0.3, 0.4) is 0 Å². The number of carbonyl (C=O) groups is 1. The van der Waals surface area contributed by atoms with Gasteiger partial charge < -0.3 is 10.6 Å². The molecule has 24 heavy (non-hydrogen) atoms. The molecule has 124 valence electrons. The Balaban J connectivity index is 2.36. The van der Waals surface area contributed by atoms with Crippen molar-refractivity contribution >= 4 is 17.3 Å². The van der Waals surface area contributed by atoms with E-state index in [9.17, 15) is 19.3 Å². The van der Waals surface area contributed by atoms with Crippen molar-refractivity contribution in [3.63, 3.8) is 0 Å². The van der Waals surface area contributed by atoms with Crippen molar-refractivity contribution in [3.8, 4) is 0 Å². The van der Waals surface area contributed by atoms with E-state index in [-0.39, 0.29) is 30.0 Å². The summed E-state index contributed by atoms with van der Waals surface area (Å²) >= 11 is 0. The van der Waals surface area contributed by atoms with Crippen molar-refractivity contribution in [2.24, 2.45) is 0 Å². The number of rotatable bonds is 6. The molecule has 0 aliphatic heterocycles. The van der Waals surface area contributed by atoms with Gasteiger partial charge in [0.1, 0.15) is 11.5 Å². The van der Waals surface area contributed by atoms with E-state index >= 15 is 0 Å². The summed E-state index contributed by atoms with van der Waals surface area (Å²) in [7, 11) is 0. The topological polar surface area (TPSA) is 89.5 Å². The van der Waals surface area contributed by atoms with Crippen LogP contribution in [-0.4, -0.2) is 22.3 Å². The molecule has 0 atom stereocenters. The van der Waals surface area contributed by atoms with Crippen molar-refractivity contribution < 1.29 is 14.1 Å². The van der Waals surface area contributed by atoms with E-state index in [2.05, 4.69) is 6.58 Å². The summed E-state index contributed by atoms with van der Waals surface area (Å²) in [6.07, 6.45) is 1.49. The molecule has 0 aliphatic carbocycles. The van der Waals surface area contributed by atoms with Crippen LogP contribution in [0.25, 0.3) is 0 Å². The number of hydrogen-bond donors (Lipinski definition) is 1. The molecule has 2 N–H and O–H groups in total. The molecule has 0 spiro atoms. The Hall–Kier alpha value is -3.22. The van der Waals surface area contributed by atoms with Gasteiger partial charge in [0.15, 0.2) is 0 Å². The molecular formula is C17H16FN3O3. The van der Waals surface area contributed by atoms with Crippen molar-refractivity contribution in [3.05, 3.63) is 82.2 Å². The Morgan fingerprint density at radius 1 is 1.29 bits per heavy atom. The van der Waals surface area contributed by atoms with E-state index in [0.29, 0.717) is 5.56 Å². The number of nitrogen functional groups attached to an aromatic ring is 1. The quantitative estimate of drug-likeness (QED) is 0.381. The summed E-state index contributed by atoms with van der Waals surface area (Å²) in [6.45, 7) is 3.73. The minimum absolute atomic E-state index is 0.000339. The lowest BCUT2D eigenvalue weighted by Gasteiger charge is -2.22. The molecule has 7 heteroatoms. The van der Waals surface area contributed by atoms with Crippen LogP contribution in [0.4, 0.5) is 15.8 Å². The second-order valence-electron chi connectivity index (χ2n) is 5.06. The van der Waals surface area contributed by atoms with E-state index in [1.807, 2.05) is 0 Å². The number of nitrogens with zero attached hydrogens (tertiary/aromatic N) is 2. The zero-order valence-electron chi connectivity index (χ0n) is 12.8. The summed E-state index contributed by atoms with van der Waals surface area (Å²) < 4.78 is 13.8. The fourth-order valence-corrected chi connectivity index (χ4v) is 2.28. The van der Waals surface area contributed by atoms with Gasteiger partial charge in [-0.1, -0.05) is 30.3 Å². The van der Waals surface area contributed by atoms with Gasteiger partial charge in [0, 0.05) is 24.7 Å². The minimum Gasteiger partial charge on any atom is -0.393 e. The highest BCUT2D eigenvalue weighted by Gasteiger charge is 2.23. The van der Waals surface area contributed by atoms with Crippen LogP contribution in [0.2, 0.25) is 0 Å². The predicted octanol–water partition coefficient (Wildman–Crippen LogP) is 3.14. The van der Waals surface area contributed by atoms with Crippen molar-refractivity contribution in [1.82, 2.24) is 4.90 Å². The van der Waals surface area contributed by atoms with E-state index in [1.54, 1.807) is 18.2 Å². The number of benzene rings is 2. The number of halogens is 1. The van der Waals surface area contributed by atoms with Crippen molar-refractivity contribution in [1.29, 1.82) is 0 Å². The van der Waals surface area contributed by atoms with Crippen LogP contribution in [0.15, 0.2) is 55.1 Å². The summed E-state index contributed by atoms with van der Waals surface area (Å²) in [5.74, 6) is -0.967. The number of amides is 1. The van der Waals surface area contributed by atoms with Gasteiger partial charge in [0.25, 0.3) is 11.6 Å². The number of anilines is 1. The molecule has 0 aromatic heterocycles. The Kier molecular flexibility index (Phi) is 5.26. The van der Waals surface area contributed by atoms with Crippen molar-refractivity contribution in [2.45, 2.75) is 6.54 Å². The van der Waals surface area contributed by atoms with Crippen LogP contribution >= 0.6 is 0 Å². The number of nitrogens with two attached hydrogens (primary N) is 1. The third-order valence-corrected chi connectivity index (χ3v) is 3.47. The summed E-state index contributed by atoms with van der Waals surface area (Å²) in [6, 6.07) is 10.1.